The molecule has 0 amide bonds. The Morgan fingerprint density at radius 2 is 1.88 bits per heavy atom. The van der Waals surface area contributed by atoms with Crippen LogP contribution in [0.15, 0.2) is 11.6 Å². The molecule has 0 spiro atoms. The average molecular weight is 228 g/mol. The lowest BCUT2D eigenvalue weighted by Crippen LogP contribution is -2.19. The number of allylic oxidation sites excluding steroid dienone is 1. The van der Waals surface area contributed by atoms with Crippen LogP contribution in [0.2, 0.25) is 0 Å². The van der Waals surface area contributed by atoms with Gasteiger partial charge in [0.15, 0.2) is 0 Å². The first-order chi connectivity index (χ1) is 7.60. The van der Waals surface area contributed by atoms with E-state index in [-0.39, 0.29) is 17.9 Å². The van der Waals surface area contributed by atoms with Crippen molar-refractivity contribution in [2.75, 3.05) is 14.2 Å². The second kappa shape index (κ2) is 7.91. The third kappa shape index (κ3) is 4.47. The van der Waals surface area contributed by atoms with Crippen molar-refractivity contribution in [1.29, 1.82) is 0 Å². The van der Waals surface area contributed by atoms with E-state index in [0.29, 0.717) is 18.4 Å². The van der Waals surface area contributed by atoms with E-state index < -0.39 is 0 Å². The molecule has 0 saturated heterocycles. The van der Waals surface area contributed by atoms with Crippen LogP contribution in [0.1, 0.15) is 33.1 Å². The third-order valence-electron chi connectivity index (χ3n) is 2.43. The minimum absolute atomic E-state index is 0.264. The summed E-state index contributed by atoms with van der Waals surface area (Å²) >= 11 is 0. The van der Waals surface area contributed by atoms with Crippen LogP contribution in [0.25, 0.3) is 0 Å². The first-order valence-electron chi connectivity index (χ1n) is 5.41. The molecule has 16 heavy (non-hydrogen) atoms. The Morgan fingerprint density at radius 3 is 2.25 bits per heavy atom. The van der Waals surface area contributed by atoms with Gasteiger partial charge in [-0.1, -0.05) is 19.4 Å². The number of carbonyl (C=O) groups excluding carboxylic acids is 2. The molecule has 0 aliphatic rings. The zero-order valence-corrected chi connectivity index (χ0v) is 10.4. The molecule has 0 aromatic heterocycles. The lowest BCUT2D eigenvalue weighted by atomic mass is 9.95. The monoisotopic (exact) mass is 228 g/mol. The summed E-state index contributed by atoms with van der Waals surface area (Å²) in [5.41, 5.74) is 0.520. The zero-order valence-electron chi connectivity index (χ0n) is 10.4. The van der Waals surface area contributed by atoms with Crippen LogP contribution in [0.4, 0.5) is 0 Å². The molecule has 0 heterocycles. The molecule has 0 fully saturated rings. The van der Waals surface area contributed by atoms with Crippen molar-refractivity contribution in [3.8, 4) is 0 Å². The summed E-state index contributed by atoms with van der Waals surface area (Å²) in [5, 5.41) is 0. The SMILES string of the molecule is C/C=C(/CC(CCC)C(=O)OC)C(=O)OC. The van der Waals surface area contributed by atoms with Gasteiger partial charge in [-0.15, -0.1) is 0 Å². The van der Waals surface area contributed by atoms with Crippen molar-refractivity contribution >= 4 is 11.9 Å². The first-order valence-corrected chi connectivity index (χ1v) is 5.41. The number of hydrogen-bond acceptors (Lipinski definition) is 4. The molecule has 0 radical (unpaired) electrons. The number of ether oxygens (including phenoxy) is 2. The van der Waals surface area contributed by atoms with Gasteiger partial charge in [0.05, 0.1) is 20.1 Å². The van der Waals surface area contributed by atoms with Crippen LogP contribution < -0.4 is 0 Å². The highest BCUT2D eigenvalue weighted by Crippen LogP contribution is 2.19. The van der Waals surface area contributed by atoms with E-state index in [9.17, 15) is 9.59 Å². The minimum atomic E-state index is -0.382. The summed E-state index contributed by atoms with van der Waals surface area (Å²) in [5.74, 6) is -0.919. The molecule has 1 unspecified atom stereocenters. The van der Waals surface area contributed by atoms with Gasteiger partial charge >= 0.3 is 11.9 Å². The summed E-state index contributed by atoms with van der Waals surface area (Å²) in [6.07, 6.45) is 3.64. The second-order valence-electron chi connectivity index (χ2n) is 3.52. The Hall–Kier alpha value is -1.32. The summed E-state index contributed by atoms with van der Waals surface area (Å²) in [7, 11) is 2.69. The van der Waals surface area contributed by atoms with Gasteiger partial charge in [0.1, 0.15) is 0 Å². The zero-order chi connectivity index (χ0) is 12.6. The van der Waals surface area contributed by atoms with Gasteiger partial charge in [0.25, 0.3) is 0 Å². The van der Waals surface area contributed by atoms with E-state index in [2.05, 4.69) is 4.74 Å². The molecule has 0 aromatic carbocycles. The lowest BCUT2D eigenvalue weighted by molar-refractivity contribution is -0.145. The highest BCUT2D eigenvalue weighted by atomic mass is 16.5. The fourth-order valence-electron chi connectivity index (χ4n) is 1.53. The van der Waals surface area contributed by atoms with E-state index in [1.54, 1.807) is 13.0 Å². The molecule has 1 atom stereocenters. The van der Waals surface area contributed by atoms with Crippen LogP contribution in [-0.2, 0) is 19.1 Å². The topological polar surface area (TPSA) is 52.6 Å². The van der Waals surface area contributed by atoms with Crippen molar-refractivity contribution in [3.63, 3.8) is 0 Å². The summed E-state index contributed by atoms with van der Waals surface area (Å²) < 4.78 is 9.34. The largest absolute Gasteiger partial charge is 0.469 e. The fourth-order valence-corrected chi connectivity index (χ4v) is 1.53. The van der Waals surface area contributed by atoms with Gasteiger partial charge in [0, 0.05) is 5.57 Å². The van der Waals surface area contributed by atoms with Gasteiger partial charge < -0.3 is 9.47 Å². The third-order valence-corrected chi connectivity index (χ3v) is 2.43. The van der Waals surface area contributed by atoms with Gasteiger partial charge in [-0.3, -0.25) is 4.79 Å². The smallest absolute Gasteiger partial charge is 0.333 e. The number of carbonyl (C=O) groups is 2. The quantitative estimate of drug-likeness (QED) is 0.516. The van der Waals surface area contributed by atoms with E-state index in [0.717, 1.165) is 6.42 Å². The van der Waals surface area contributed by atoms with Crippen LogP contribution in [0.5, 0.6) is 0 Å². The average Bonchev–Trinajstić information content (AvgIpc) is 2.32. The normalized spacial score (nSPS) is 13.1. The molecule has 0 bridgehead atoms. The van der Waals surface area contributed by atoms with Gasteiger partial charge in [-0.25, -0.2) is 4.79 Å². The van der Waals surface area contributed by atoms with E-state index in [1.807, 2.05) is 6.92 Å². The van der Waals surface area contributed by atoms with Crippen molar-refractivity contribution in [2.45, 2.75) is 33.1 Å². The molecule has 0 aromatic rings. The van der Waals surface area contributed by atoms with Crippen molar-refractivity contribution in [2.24, 2.45) is 5.92 Å². The van der Waals surface area contributed by atoms with Crippen molar-refractivity contribution < 1.29 is 19.1 Å². The Labute approximate surface area is 96.6 Å². The molecule has 4 nitrogen and oxygen atoms in total. The number of rotatable bonds is 6. The maximum absolute atomic E-state index is 11.5. The molecule has 0 saturated carbocycles. The van der Waals surface area contributed by atoms with E-state index in [4.69, 9.17) is 4.74 Å². The maximum Gasteiger partial charge on any atom is 0.333 e. The Balaban J connectivity index is 4.59. The van der Waals surface area contributed by atoms with Gasteiger partial charge in [0.2, 0.25) is 0 Å². The Kier molecular flexibility index (Phi) is 7.25. The van der Waals surface area contributed by atoms with Crippen LogP contribution in [0.3, 0.4) is 0 Å². The van der Waals surface area contributed by atoms with Gasteiger partial charge in [-0.05, 0) is 19.8 Å². The highest BCUT2D eigenvalue weighted by Gasteiger charge is 2.22. The highest BCUT2D eigenvalue weighted by molar-refractivity contribution is 5.89. The van der Waals surface area contributed by atoms with Gasteiger partial charge in [-0.2, -0.15) is 0 Å². The maximum atomic E-state index is 11.5. The molecule has 0 aliphatic carbocycles. The number of hydrogen-bond donors (Lipinski definition) is 0. The summed E-state index contributed by atoms with van der Waals surface area (Å²) in [4.78, 5) is 22.8. The fraction of sp³-hybridized carbons (Fsp3) is 0.667. The Morgan fingerprint density at radius 1 is 1.25 bits per heavy atom. The molecule has 92 valence electrons. The van der Waals surface area contributed by atoms with E-state index in [1.165, 1.54) is 14.2 Å². The van der Waals surface area contributed by atoms with E-state index >= 15 is 0 Å². The molecule has 0 N–H and O–H groups in total. The molecular formula is C12H20O4. The summed E-state index contributed by atoms with van der Waals surface area (Å²) in [6, 6.07) is 0. The molecular weight excluding hydrogens is 208 g/mol. The summed E-state index contributed by atoms with van der Waals surface area (Å²) in [6.45, 7) is 3.75. The first kappa shape index (κ1) is 14.7. The minimum Gasteiger partial charge on any atom is -0.469 e. The molecule has 0 aliphatic heterocycles. The molecule has 0 rings (SSSR count). The predicted octanol–water partition coefficient (Wildman–Crippen LogP) is 2.09. The predicted molar refractivity (Wildman–Crippen MR) is 60.8 cm³/mol. The van der Waals surface area contributed by atoms with Crippen LogP contribution >= 0.6 is 0 Å². The van der Waals surface area contributed by atoms with Crippen LogP contribution in [-0.4, -0.2) is 26.2 Å². The lowest BCUT2D eigenvalue weighted by Gasteiger charge is -2.14. The van der Waals surface area contributed by atoms with Crippen LogP contribution in [0, 0.1) is 5.92 Å². The molecule has 4 heteroatoms. The number of esters is 2. The van der Waals surface area contributed by atoms with Crippen molar-refractivity contribution in [3.05, 3.63) is 11.6 Å². The van der Waals surface area contributed by atoms with Crippen molar-refractivity contribution in [1.82, 2.24) is 0 Å². The number of methoxy groups -OCH3 is 2. The Bertz CT molecular complexity index is 268. The standard InChI is InChI=1S/C12H20O4/c1-5-7-10(12(14)16-4)8-9(6-2)11(13)15-3/h6,10H,5,7-8H2,1-4H3/b9-6-. The second-order valence-corrected chi connectivity index (χ2v) is 3.52.